The number of anilines is 1. The Labute approximate surface area is 164 Å². The Kier molecular flexibility index (Phi) is 6.50. The molecule has 10 heteroatoms. The van der Waals surface area contributed by atoms with Crippen LogP contribution in [-0.2, 0) is 9.53 Å². The number of pyridine rings is 1. The second-order valence-corrected chi connectivity index (χ2v) is 6.16. The van der Waals surface area contributed by atoms with Gasteiger partial charge in [-0.2, -0.15) is 13.2 Å². The fraction of sp³-hybridized carbons (Fsp3) is 0.278. The molecule has 1 aromatic carbocycles. The van der Waals surface area contributed by atoms with E-state index in [1.807, 2.05) is 5.32 Å². The maximum atomic E-state index is 14.1. The molecule has 1 heterocycles. The summed E-state index contributed by atoms with van der Waals surface area (Å²) in [6, 6.07) is 9.54. The zero-order valence-electron chi connectivity index (χ0n) is 14.9. The van der Waals surface area contributed by atoms with E-state index < -0.39 is 23.7 Å². The zero-order chi connectivity index (χ0) is 20.9. The number of hydrogen-bond acceptors (Lipinski definition) is 5. The van der Waals surface area contributed by atoms with Crippen molar-refractivity contribution in [3.63, 3.8) is 0 Å². The molecule has 0 saturated heterocycles. The topological polar surface area (TPSA) is 80.3 Å². The number of carbonyl (C=O) groups is 2. The van der Waals surface area contributed by atoms with Gasteiger partial charge in [0.15, 0.2) is 0 Å². The highest BCUT2D eigenvalue weighted by Crippen LogP contribution is 2.33. The molecule has 1 aromatic heterocycles. The summed E-state index contributed by atoms with van der Waals surface area (Å²) in [5.74, 6) is -3.16. The van der Waals surface area contributed by atoms with Crippen LogP contribution < -0.4 is 10.6 Å². The SMILES string of the molecule is CCOC(=O)C(NC(=O)c1cccc(Cl)c1)(Nc1cccc(C)n1)C(F)(F)F. The summed E-state index contributed by atoms with van der Waals surface area (Å²) < 4.78 is 46.8. The number of hydrogen-bond donors (Lipinski definition) is 2. The van der Waals surface area contributed by atoms with Gasteiger partial charge in [0.05, 0.1) is 6.61 Å². The normalized spacial score (nSPS) is 13.4. The third-order valence-corrected chi connectivity index (χ3v) is 3.83. The monoisotopic (exact) mass is 415 g/mol. The molecule has 0 saturated carbocycles. The van der Waals surface area contributed by atoms with Crippen molar-refractivity contribution in [3.8, 4) is 0 Å². The largest absolute Gasteiger partial charge is 0.463 e. The fourth-order valence-corrected chi connectivity index (χ4v) is 2.50. The summed E-state index contributed by atoms with van der Waals surface area (Å²) in [4.78, 5) is 28.8. The van der Waals surface area contributed by atoms with Gasteiger partial charge in [-0.25, -0.2) is 9.78 Å². The second-order valence-electron chi connectivity index (χ2n) is 5.72. The molecule has 6 nitrogen and oxygen atoms in total. The molecule has 1 amide bonds. The van der Waals surface area contributed by atoms with Crippen molar-refractivity contribution < 1.29 is 27.5 Å². The Bertz CT molecular complexity index is 876. The van der Waals surface area contributed by atoms with Crippen LogP contribution in [0.1, 0.15) is 23.0 Å². The molecule has 2 N–H and O–H groups in total. The van der Waals surface area contributed by atoms with E-state index in [9.17, 15) is 22.8 Å². The molecule has 1 unspecified atom stereocenters. The van der Waals surface area contributed by atoms with Gasteiger partial charge in [0.1, 0.15) is 5.82 Å². The third-order valence-electron chi connectivity index (χ3n) is 3.60. The van der Waals surface area contributed by atoms with Crippen molar-refractivity contribution in [1.82, 2.24) is 10.3 Å². The van der Waals surface area contributed by atoms with Crippen LogP contribution in [0.15, 0.2) is 42.5 Å². The highest BCUT2D eigenvalue weighted by Gasteiger charge is 2.64. The molecule has 2 aromatic rings. The average Bonchev–Trinajstić information content (AvgIpc) is 2.60. The third kappa shape index (κ3) is 4.72. The van der Waals surface area contributed by atoms with Crippen LogP contribution in [0, 0.1) is 6.92 Å². The number of aryl methyl sites for hydroxylation is 1. The minimum atomic E-state index is -5.25. The lowest BCUT2D eigenvalue weighted by Gasteiger charge is -2.35. The number of benzene rings is 1. The molecular formula is C18H17ClF3N3O3. The highest BCUT2D eigenvalue weighted by molar-refractivity contribution is 6.31. The van der Waals surface area contributed by atoms with Crippen LogP contribution in [0.4, 0.5) is 19.0 Å². The smallest absolute Gasteiger partial charge is 0.441 e. The molecule has 1 atom stereocenters. The number of ether oxygens (including phenoxy) is 1. The van der Waals surface area contributed by atoms with Crippen molar-refractivity contribution in [3.05, 3.63) is 58.7 Å². The van der Waals surface area contributed by atoms with Crippen LogP contribution in [0.3, 0.4) is 0 Å². The molecule has 0 radical (unpaired) electrons. The van der Waals surface area contributed by atoms with Crippen molar-refractivity contribution in [2.24, 2.45) is 0 Å². The number of alkyl halides is 3. The Morgan fingerprint density at radius 1 is 1.18 bits per heavy atom. The number of carbonyl (C=O) groups excluding carboxylic acids is 2. The lowest BCUT2D eigenvalue weighted by molar-refractivity contribution is -0.204. The van der Waals surface area contributed by atoms with E-state index in [-0.39, 0.29) is 23.0 Å². The summed E-state index contributed by atoms with van der Waals surface area (Å²) >= 11 is 5.79. The highest BCUT2D eigenvalue weighted by atomic mass is 35.5. The van der Waals surface area contributed by atoms with E-state index in [4.69, 9.17) is 11.6 Å². The fourth-order valence-electron chi connectivity index (χ4n) is 2.31. The summed E-state index contributed by atoms with van der Waals surface area (Å²) in [7, 11) is 0. The molecule has 0 fully saturated rings. The van der Waals surface area contributed by atoms with E-state index >= 15 is 0 Å². The van der Waals surface area contributed by atoms with Gasteiger partial charge in [-0.1, -0.05) is 23.7 Å². The predicted octanol–water partition coefficient (Wildman–Crippen LogP) is 3.71. The molecule has 0 aliphatic carbocycles. The van der Waals surface area contributed by atoms with Gasteiger partial charge in [0.25, 0.3) is 5.91 Å². The Balaban J connectivity index is 2.52. The maximum absolute atomic E-state index is 14.1. The summed E-state index contributed by atoms with van der Waals surface area (Å²) in [5, 5.41) is 3.86. The molecule has 150 valence electrons. The summed E-state index contributed by atoms with van der Waals surface area (Å²) in [6.45, 7) is 2.59. The lowest BCUT2D eigenvalue weighted by atomic mass is 10.1. The minimum Gasteiger partial charge on any atom is -0.463 e. The maximum Gasteiger partial charge on any atom is 0.441 e. The number of esters is 1. The van der Waals surface area contributed by atoms with Gasteiger partial charge in [-0.3, -0.25) is 4.79 Å². The second kappa shape index (κ2) is 8.47. The lowest BCUT2D eigenvalue weighted by Crippen LogP contribution is -2.69. The van der Waals surface area contributed by atoms with Crippen LogP contribution in [0.5, 0.6) is 0 Å². The van der Waals surface area contributed by atoms with Crippen molar-refractivity contribution >= 4 is 29.3 Å². The first kappa shape index (κ1) is 21.5. The number of halogens is 4. The Morgan fingerprint density at radius 2 is 1.86 bits per heavy atom. The van der Waals surface area contributed by atoms with Gasteiger partial charge in [0, 0.05) is 16.3 Å². The number of amides is 1. The van der Waals surface area contributed by atoms with Crippen LogP contribution >= 0.6 is 11.6 Å². The average molecular weight is 416 g/mol. The van der Waals surface area contributed by atoms with E-state index in [0.717, 1.165) is 0 Å². The van der Waals surface area contributed by atoms with E-state index in [2.05, 4.69) is 9.72 Å². The first-order chi connectivity index (χ1) is 13.1. The van der Waals surface area contributed by atoms with Crippen LogP contribution in [0.25, 0.3) is 0 Å². The summed E-state index contributed by atoms with van der Waals surface area (Å²) in [6.07, 6.45) is -5.25. The number of nitrogens with one attached hydrogen (secondary N) is 2. The van der Waals surface area contributed by atoms with E-state index in [1.54, 1.807) is 18.3 Å². The molecule has 0 aliphatic heterocycles. The molecule has 0 spiro atoms. The Morgan fingerprint density at radius 3 is 2.43 bits per heavy atom. The molecule has 28 heavy (non-hydrogen) atoms. The standard InChI is InChI=1S/C18H17ClF3N3O3/c1-3-28-16(27)17(18(20,21)22,24-14-9-4-6-11(2)23-14)25-15(26)12-7-5-8-13(19)10-12/h4-10H,3H2,1-2H3,(H,23,24)(H,25,26). The molecule has 0 bridgehead atoms. The molecular weight excluding hydrogens is 399 g/mol. The first-order valence-corrected chi connectivity index (χ1v) is 8.50. The number of nitrogens with zero attached hydrogens (tertiary/aromatic N) is 1. The first-order valence-electron chi connectivity index (χ1n) is 8.13. The van der Waals surface area contributed by atoms with Gasteiger partial charge in [-0.05, 0) is 44.2 Å². The quantitative estimate of drug-likeness (QED) is 0.555. The van der Waals surface area contributed by atoms with Crippen LogP contribution in [-0.4, -0.2) is 35.3 Å². The van der Waals surface area contributed by atoms with Gasteiger partial charge in [-0.15, -0.1) is 0 Å². The zero-order valence-corrected chi connectivity index (χ0v) is 15.7. The predicted molar refractivity (Wildman–Crippen MR) is 96.9 cm³/mol. The number of rotatable bonds is 6. The molecule has 2 rings (SSSR count). The van der Waals surface area contributed by atoms with Gasteiger partial charge < -0.3 is 15.4 Å². The molecule has 0 aliphatic rings. The van der Waals surface area contributed by atoms with Gasteiger partial charge >= 0.3 is 17.8 Å². The van der Waals surface area contributed by atoms with E-state index in [0.29, 0.717) is 5.69 Å². The summed E-state index contributed by atoms with van der Waals surface area (Å²) in [5.41, 5.74) is -3.31. The van der Waals surface area contributed by atoms with Crippen molar-refractivity contribution in [2.75, 3.05) is 11.9 Å². The number of aromatic nitrogens is 1. The minimum absolute atomic E-state index is 0.148. The van der Waals surface area contributed by atoms with Crippen molar-refractivity contribution in [2.45, 2.75) is 25.7 Å². The Hall–Kier alpha value is -2.81. The van der Waals surface area contributed by atoms with E-state index in [1.165, 1.54) is 43.3 Å². The van der Waals surface area contributed by atoms with Crippen molar-refractivity contribution in [1.29, 1.82) is 0 Å². The van der Waals surface area contributed by atoms with Gasteiger partial charge in [0.2, 0.25) is 0 Å². The van der Waals surface area contributed by atoms with Crippen LogP contribution in [0.2, 0.25) is 5.02 Å².